The van der Waals surface area contributed by atoms with Gasteiger partial charge in [-0.05, 0) is 132 Å². The first-order chi connectivity index (χ1) is 42.7. The van der Waals surface area contributed by atoms with Crippen molar-refractivity contribution in [2.24, 2.45) is 46.4 Å². The zero-order chi connectivity index (χ0) is 70.9. The van der Waals surface area contributed by atoms with Crippen LogP contribution in [0.25, 0.3) is 0 Å². The quantitative estimate of drug-likeness (QED) is 0.0583. The molecule has 12 atom stereocenters. The number of hydrogen-bond acceptors (Lipinski definition) is 13. The number of nitrogens with one attached hydrogen (secondary N) is 4. The Balaban J connectivity index is 4.34. The SMILES string of the molecule is CC[C@H]1NC(=O)[C@H]([C@H](O)[C@H](C)C/C=C/CCCCC=NC)N(C)C(=O)[C@@H](C(C)C)N(C)C(=O)[C@@H](CC(C)C)N(C)C(=O)[C@H](CC(C)C)N(C)C(=O)[C@H](C)NC(=O)[C@@H](C)NC(=O)[C@@H](CCC(C)C)N(C)C(=O)[C@@H](C(C)C)NC(=O)[C@H](CC(C)C)N(C)C(=O)CN(C)C1=O. The second kappa shape index (κ2) is 39.9. The largest absolute Gasteiger partial charge is 0.390 e. The summed E-state index contributed by atoms with van der Waals surface area (Å²) >= 11 is 0. The van der Waals surface area contributed by atoms with Crippen molar-refractivity contribution in [2.75, 3.05) is 62.9 Å². The lowest BCUT2D eigenvalue weighted by atomic mass is 9.91. The van der Waals surface area contributed by atoms with Crippen LogP contribution >= 0.6 is 0 Å². The summed E-state index contributed by atoms with van der Waals surface area (Å²) in [7, 11) is 11.7. The Bertz CT molecular complexity index is 2500. The van der Waals surface area contributed by atoms with E-state index in [-0.39, 0.29) is 55.8 Å². The molecule has 0 aromatic carbocycles. The number of carbonyl (C=O) groups is 11. The molecule has 0 saturated carbocycles. The minimum absolute atomic E-state index is 0.0175. The Morgan fingerprint density at radius 1 is 0.489 bits per heavy atom. The highest BCUT2D eigenvalue weighted by molar-refractivity contribution is 5.99. The third kappa shape index (κ3) is 25.1. The molecule has 1 saturated heterocycles. The summed E-state index contributed by atoms with van der Waals surface area (Å²) in [6.45, 7) is 27.8. The molecule has 11 amide bonds. The van der Waals surface area contributed by atoms with Crippen molar-refractivity contribution in [3.05, 3.63) is 12.2 Å². The van der Waals surface area contributed by atoms with Crippen molar-refractivity contribution < 1.29 is 57.8 Å². The van der Waals surface area contributed by atoms with Crippen molar-refractivity contribution in [3.63, 3.8) is 0 Å². The highest BCUT2D eigenvalue weighted by atomic mass is 16.3. The normalized spacial score (nSPS) is 25.9. The second-order valence-electron chi connectivity index (χ2n) is 28.1. The van der Waals surface area contributed by atoms with Gasteiger partial charge in [0, 0.05) is 56.4 Å². The molecule has 0 aromatic heterocycles. The Morgan fingerprint density at radius 2 is 0.967 bits per heavy atom. The molecule has 1 aliphatic rings. The van der Waals surface area contributed by atoms with Gasteiger partial charge in [0.1, 0.15) is 60.4 Å². The van der Waals surface area contributed by atoms with Crippen LogP contribution in [0.15, 0.2) is 17.1 Å². The summed E-state index contributed by atoms with van der Waals surface area (Å²) in [5, 5.41) is 23.4. The van der Waals surface area contributed by atoms with Gasteiger partial charge >= 0.3 is 0 Å². The number of aliphatic hydroxyl groups excluding tert-OH is 1. The zero-order valence-electron chi connectivity index (χ0n) is 60.6. The van der Waals surface area contributed by atoms with Crippen LogP contribution in [-0.2, 0) is 52.7 Å². The molecule has 5 N–H and O–H groups in total. The monoisotopic (exact) mass is 1300 g/mol. The van der Waals surface area contributed by atoms with Crippen molar-refractivity contribution in [1.29, 1.82) is 0 Å². The molecule has 24 nitrogen and oxygen atoms in total. The van der Waals surface area contributed by atoms with Crippen LogP contribution in [0.1, 0.15) is 181 Å². The van der Waals surface area contributed by atoms with Crippen molar-refractivity contribution >= 4 is 71.2 Å². The van der Waals surface area contributed by atoms with E-state index in [1.165, 1.54) is 87.7 Å². The number of rotatable bonds is 21. The molecule has 1 fully saturated rings. The Labute approximate surface area is 551 Å². The van der Waals surface area contributed by atoms with Crippen molar-refractivity contribution in [1.82, 2.24) is 55.6 Å². The Kier molecular flexibility index (Phi) is 36.3. The Morgan fingerprint density at radius 3 is 1.47 bits per heavy atom. The fraction of sp³-hybridized carbons (Fsp3) is 0.794. The summed E-state index contributed by atoms with van der Waals surface area (Å²) in [6, 6.07) is -12.4. The maximum Gasteiger partial charge on any atom is 0.246 e. The van der Waals surface area contributed by atoms with Gasteiger partial charge in [0.05, 0.1) is 12.6 Å². The zero-order valence-corrected chi connectivity index (χ0v) is 60.6. The van der Waals surface area contributed by atoms with Gasteiger partial charge in [0.25, 0.3) is 0 Å². The Hall–Kier alpha value is -6.46. The molecule has 1 rings (SSSR count). The molecule has 526 valence electrons. The number of hydrogen-bond donors (Lipinski definition) is 5. The molecule has 24 heteroatoms. The lowest BCUT2D eigenvalue weighted by Gasteiger charge is -2.41. The van der Waals surface area contributed by atoms with Gasteiger partial charge < -0.3 is 65.7 Å². The van der Waals surface area contributed by atoms with Gasteiger partial charge in [-0.3, -0.25) is 52.7 Å². The van der Waals surface area contributed by atoms with E-state index in [0.717, 1.165) is 35.5 Å². The minimum atomic E-state index is -1.63. The first-order valence-electron chi connectivity index (χ1n) is 33.5. The summed E-state index contributed by atoms with van der Waals surface area (Å²) in [5.74, 6) is -9.51. The van der Waals surface area contributed by atoms with Gasteiger partial charge in [-0.1, -0.05) is 109 Å². The van der Waals surface area contributed by atoms with Gasteiger partial charge in [-0.2, -0.15) is 0 Å². The average Bonchev–Trinajstić information content (AvgIpc) is 0.859. The standard InChI is InChI=1S/C68H122N12O12/c1-25-49-64(88)74(18)39-54(81)75(19)51(36-41(4)5)61(85)73-55(44(10)11)67(91)76(20)50(34-33-40(2)3)60(84)70-47(15)59(83)71-48(16)63(87)77(21)52(37-42(6)7)65(89)78(22)53(38-43(8)9)66(90)79(23)56(45(12)13)68(92)80(24)57(62(86)72-49)58(82)46(14)32-30-28-26-27-29-31-35-69-17/h28,30,35,40-53,55-58,82H,25-27,29,31-34,36-39H2,1-24H3,(H,70,84)(H,71,83)(H,72,86)(H,73,85)/b30-28+,69-35?/t46-,47-,48+,49-,50-,51+,52+,53-,55-,56-,57+,58-/m1/s1. The van der Waals surface area contributed by atoms with Crippen LogP contribution in [0.4, 0.5) is 0 Å². The summed E-state index contributed by atoms with van der Waals surface area (Å²) in [5.41, 5.74) is 0. The van der Waals surface area contributed by atoms with Crippen LogP contribution in [-0.4, -0.2) is 240 Å². The minimum Gasteiger partial charge on any atom is -0.390 e. The van der Waals surface area contributed by atoms with E-state index in [1.54, 1.807) is 48.6 Å². The molecule has 0 aromatic rings. The molecule has 0 unspecified atom stereocenters. The predicted molar refractivity (Wildman–Crippen MR) is 360 cm³/mol. The number of likely N-dealkylation sites (N-methyl/N-ethyl adjacent to an activating group) is 7. The number of aliphatic imine (C=N–C) groups is 1. The maximum atomic E-state index is 15.3. The first kappa shape index (κ1) is 83.6. The predicted octanol–water partition coefficient (Wildman–Crippen LogP) is 4.90. The van der Waals surface area contributed by atoms with E-state index in [4.69, 9.17) is 0 Å². The number of amides is 11. The summed E-state index contributed by atoms with van der Waals surface area (Å²) < 4.78 is 0. The van der Waals surface area contributed by atoms with Gasteiger partial charge in [-0.15, -0.1) is 0 Å². The van der Waals surface area contributed by atoms with E-state index in [1.807, 2.05) is 73.8 Å². The fourth-order valence-electron chi connectivity index (χ4n) is 11.5. The maximum absolute atomic E-state index is 15.3. The number of unbranched alkanes of at least 4 members (excludes halogenated alkanes) is 3. The second-order valence-corrected chi connectivity index (χ2v) is 28.1. The number of allylic oxidation sites excluding steroid dienone is 2. The fourth-order valence-corrected chi connectivity index (χ4v) is 11.5. The van der Waals surface area contributed by atoms with Crippen LogP contribution in [0, 0.1) is 41.4 Å². The van der Waals surface area contributed by atoms with Gasteiger partial charge in [0.15, 0.2) is 0 Å². The molecule has 1 heterocycles. The van der Waals surface area contributed by atoms with Gasteiger partial charge in [0.2, 0.25) is 65.0 Å². The molecular weight excluding hydrogens is 1180 g/mol. The lowest BCUT2D eigenvalue weighted by Crippen LogP contribution is -2.63. The topological polar surface area (TPSA) is 291 Å². The van der Waals surface area contributed by atoms with Crippen molar-refractivity contribution in [3.8, 4) is 0 Å². The molecule has 0 radical (unpaired) electrons. The third-order valence-electron chi connectivity index (χ3n) is 17.5. The molecule has 0 bridgehead atoms. The first-order valence-corrected chi connectivity index (χ1v) is 33.5. The molecule has 0 spiro atoms. The smallest absolute Gasteiger partial charge is 0.246 e. The lowest BCUT2D eigenvalue weighted by molar-refractivity contribution is -0.157. The molecule has 1 aliphatic heterocycles. The number of aliphatic hydroxyl groups is 1. The van der Waals surface area contributed by atoms with E-state index in [2.05, 4.69) is 26.3 Å². The van der Waals surface area contributed by atoms with Crippen LogP contribution < -0.4 is 21.3 Å². The summed E-state index contributed by atoms with van der Waals surface area (Å²) in [6.07, 6.45) is 9.15. The van der Waals surface area contributed by atoms with E-state index < -0.39 is 156 Å². The highest BCUT2D eigenvalue weighted by Crippen LogP contribution is 2.26. The van der Waals surface area contributed by atoms with Gasteiger partial charge in [-0.25, -0.2) is 0 Å². The third-order valence-corrected chi connectivity index (χ3v) is 17.5. The average molecular weight is 1300 g/mol. The number of carbonyl (C=O) groups excluding carboxylic acids is 11. The molecule has 0 aliphatic carbocycles. The van der Waals surface area contributed by atoms with Crippen LogP contribution in [0.2, 0.25) is 0 Å². The van der Waals surface area contributed by atoms with E-state index in [0.29, 0.717) is 12.8 Å². The van der Waals surface area contributed by atoms with E-state index in [9.17, 15) is 38.7 Å². The number of nitrogens with zero attached hydrogens (tertiary/aromatic N) is 8. The van der Waals surface area contributed by atoms with Crippen molar-refractivity contribution in [2.45, 2.75) is 248 Å². The van der Waals surface area contributed by atoms with Crippen LogP contribution in [0.3, 0.4) is 0 Å². The molecular formula is C68H122N12O12. The van der Waals surface area contributed by atoms with Crippen LogP contribution in [0.5, 0.6) is 0 Å². The highest BCUT2D eigenvalue weighted by Gasteiger charge is 2.46. The van der Waals surface area contributed by atoms with E-state index >= 15 is 19.2 Å². The summed E-state index contributed by atoms with van der Waals surface area (Å²) in [4.78, 5) is 174. The molecule has 92 heavy (non-hydrogen) atoms.